The Morgan fingerprint density at radius 1 is 1.26 bits per heavy atom. The molecule has 104 valence electrons. The number of hydrogen-bond acceptors (Lipinski definition) is 1. The summed E-state index contributed by atoms with van der Waals surface area (Å²) in [4.78, 5) is 0. The number of hydrogen-bond donors (Lipinski definition) is 1. The van der Waals surface area contributed by atoms with Crippen LogP contribution in [-0.2, 0) is 12.7 Å². The van der Waals surface area contributed by atoms with E-state index < -0.39 is 11.7 Å². The smallest absolute Gasteiger partial charge is 0.340 e. The van der Waals surface area contributed by atoms with Crippen molar-refractivity contribution in [1.82, 2.24) is 9.88 Å². The molecule has 1 aromatic heterocycles. The lowest BCUT2D eigenvalue weighted by Gasteiger charge is -2.17. The van der Waals surface area contributed by atoms with E-state index in [0.717, 1.165) is 11.8 Å². The number of rotatable bonds is 3. The molecule has 0 bridgehead atoms. The number of fused-ring (bicyclic) bond motifs is 1. The summed E-state index contributed by atoms with van der Waals surface area (Å²) in [6.07, 6.45) is -4.33. The van der Waals surface area contributed by atoms with E-state index in [9.17, 15) is 13.2 Å². The zero-order chi connectivity index (χ0) is 14.2. The zero-order valence-electron chi connectivity index (χ0n) is 11.2. The largest absolute Gasteiger partial charge is 0.418 e. The monoisotopic (exact) mass is 270 g/mol. The molecule has 0 spiro atoms. The van der Waals surface area contributed by atoms with Crippen molar-refractivity contribution >= 4 is 10.9 Å². The highest BCUT2D eigenvalue weighted by molar-refractivity contribution is 5.85. The molecule has 0 unspecified atom stereocenters. The maximum atomic E-state index is 13.1. The van der Waals surface area contributed by atoms with Crippen molar-refractivity contribution in [2.24, 2.45) is 0 Å². The van der Waals surface area contributed by atoms with Gasteiger partial charge in [-0.05, 0) is 33.0 Å². The summed E-state index contributed by atoms with van der Waals surface area (Å²) in [7, 11) is 1.78. The summed E-state index contributed by atoms with van der Waals surface area (Å²) in [6, 6.07) is 6.12. The van der Waals surface area contributed by atoms with Gasteiger partial charge in [-0.3, -0.25) is 0 Å². The predicted octanol–water partition coefficient (Wildman–Crippen LogP) is 3.96. The molecule has 0 amide bonds. The Balaban J connectivity index is 2.79. The first-order valence-electron chi connectivity index (χ1n) is 6.21. The van der Waals surface area contributed by atoms with Gasteiger partial charge in [0.05, 0.1) is 11.1 Å². The Morgan fingerprint density at radius 3 is 2.47 bits per heavy atom. The minimum absolute atomic E-state index is 0.0238. The van der Waals surface area contributed by atoms with Gasteiger partial charge in [0.1, 0.15) is 0 Å². The highest BCUT2D eigenvalue weighted by Crippen LogP contribution is 2.37. The lowest BCUT2D eigenvalue weighted by molar-refractivity contribution is -0.136. The molecule has 5 heteroatoms. The van der Waals surface area contributed by atoms with Gasteiger partial charge >= 0.3 is 6.18 Å². The molecule has 2 rings (SSSR count). The number of alkyl halides is 3. The molecule has 0 radical (unpaired) electrons. The van der Waals surface area contributed by atoms with Crippen LogP contribution in [0.3, 0.4) is 0 Å². The van der Waals surface area contributed by atoms with Crippen LogP contribution in [-0.4, -0.2) is 11.6 Å². The fourth-order valence-corrected chi connectivity index (χ4v) is 2.48. The van der Waals surface area contributed by atoms with E-state index in [-0.39, 0.29) is 11.6 Å². The molecule has 19 heavy (non-hydrogen) atoms. The molecular weight excluding hydrogens is 253 g/mol. The number of benzene rings is 1. The van der Waals surface area contributed by atoms with E-state index in [4.69, 9.17) is 0 Å². The maximum Gasteiger partial charge on any atom is 0.418 e. The summed E-state index contributed by atoms with van der Waals surface area (Å²) in [5.74, 6) is 0. The highest BCUT2D eigenvalue weighted by atomic mass is 19.4. The SMILES string of the molecule is CNCc1cc2cccc(C(F)(F)F)c2n1C(C)C. The van der Waals surface area contributed by atoms with E-state index in [1.165, 1.54) is 6.07 Å². The van der Waals surface area contributed by atoms with Crippen LogP contribution < -0.4 is 5.32 Å². The van der Waals surface area contributed by atoms with Crippen LogP contribution in [0.1, 0.15) is 31.1 Å². The van der Waals surface area contributed by atoms with Crippen molar-refractivity contribution in [1.29, 1.82) is 0 Å². The second kappa shape index (κ2) is 4.89. The summed E-state index contributed by atoms with van der Waals surface area (Å²) in [5, 5.41) is 3.63. The third-order valence-electron chi connectivity index (χ3n) is 3.12. The van der Waals surface area contributed by atoms with Gasteiger partial charge in [-0.15, -0.1) is 0 Å². The van der Waals surface area contributed by atoms with Gasteiger partial charge in [0, 0.05) is 23.7 Å². The molecule has 1 N–H and O–H groups in total. The van der Waals surface area contributed by atoms with Gasteiger partial charge in [0.25, 0.3) is 0 Å². The van der Waals surface area contributed by atoms with Crippen molar-refractivity contribution in [3.05, 3.63) is 35.5 Å². The van der Waals surface area contributed by atoms with E-state index in [0.29, 0.717) is 11.9 Å². The number of nitrogens with zero attached hydrogens (tertiary/aromatic N) is 1. The minimum atomic E-state index is -4.33. The van der Waals surface area contributed by atoms with Crippen LogP contribution in [0.25, 0.3) is 10.9 Å². The molecule has 1 aromatic carbocycles. The van der Waals surface area contributed by atoms with E-state index in [1.54, 1.807) is 17.7 Å². The minimum Gasteiger partial charge on any atom is -0.340 e. The topological polar surface area (TPSA) is 17.0 Å². The van der Waals surface area contributed by atoms with Crippen molar-refractivity contribution in [3.8, 4) is 0 Å². The van der Waals surface area contributed by atoms with Crippen LogP contribution >= 0.6 is 0 Å². The molecule has 0 aliphatic rings. The fraction of sp³-hybridized carbons (Fsp3) is 0.429. The van der Waals surface area contributed by atoms with Crippen LogP contribution in [0.2, 0.25) is 0 Å². The number of nitrogens with one attached hydrogen (secondary N) is 1. The number of para-hydroxylation sites is 1. The molecule has 0 aliphatic heterocycles. The average molecular weight is 270 g/mol. The molecule has 1 heterocycles. The molecule has 0 saturated carbocycles. The summed E-state index contributed by atoms with van der Waals surface area (Å²) < 4.78 is 41.1. The Bertz CT molecular complexity index is 582. The van der Waals surface area contributed by atoms with Crippen LogP contribution in [0, 0.1) is 0 Å². The van der Waals surface area contributed by atoms with Gasteiger partial charge in [-0.25, -0.2) is 0 Å². The predicted molar refractivity (Wildman–Crippen MR) is 70.1 cm³/mol. The molecule has 0 fully saturated rings. The Kier molecular flexibility index (Phi) is 3.58. The number of halogens is 3. The molecule has 0 saturated heterocycles. The fourth-order valence-electron chi connectivity index (χ4n) is 2.48. The molecular formula is C14H17F3N2. The Morgan fingerprint density at radius 2 is 1.95 bits per heavy atom. The van der Waals surface area contributed by atoms with Gasteiger partial charge < -0.3 is 9.88 Å². The van der Waals surface area contributed by atoms with Crippen molar-refractivity contribution < 1.29 is 13.2 Å². The van der Waals surface area contributed by atoms with E-state index in [1.807, 2.05) is 19.9 Å². The van der Waals surface area contributed by atoms with Crippen molar-refractivity contribution in [2.45, 2.75) is 32.6 Å². The molecule has 0 aliphatic carbocycles. The standard InChI is InChI=1S/C14H17F3N2/c1-9(2)19-11(8-18-3)7-10-5-4-6-12(13(10)19)14(15,16)17/h4-7,9,18H,8H2,1-3H3. The normalized spacial score (nSPS) is 12.6. The van der Waals surface area contributed by atoms with Crippen molar-refractivity contribution in [2.75, 3.05) is 7.05 Å². The third kappa shape index (κ3) is 2.47. The van der Waals surface area contributed by atoms with Crippen LogP contribution in [0.5, 0.6) is 0 Å². The number of aromatic nitrogens is 1. The average Bonchev–Trinajstić information content (AvgIpc) is 2.65. The Labute approximate surface area is 110 Å². The second-order valence-electron chi connectivity index (χ2n) is 4.87. The second-order valence-corrected chi connectivity index (χ2v) is 4.87. The summed E-state index contributed by atoms with van der Waals surface area (Å²) >= 11 is 0. The highest BCUT2D eigenvalue weighted by Gasteiger charge is 2.34. The Hall–Kier alpha value is -1.49. The summed E-state index contributed by atoms with van der Waals surface area (Å²) in [5.41, 5.74) is 0.570. The first-order valence-corrected chi connectivity index (χ1v) is 6.21. The van der Waals surface area contributed by atoms with E-state index >= 15 is 0 Å². The lowest BCUT2D eigenvalue weighted by Crippen LogP contribution is -2.15. The van der Waals surface area contributed by atoms with Gasteiger partial charge in [-0.2, -0.15) is 13.2 Å². The van der Waals surface area contributed by atoms with Crippen LogP contribution in [0.4, 0.5) is 13.2 Å². The summed E-state index contributed by atoms with van der Waals surface area (Å²) in [6.45, 7) is 4.33. The molecule has 2 nitrogen and oxygen atoms in total. The molecule has 0 atom stereocenters. The molecule has 2 aromatic rings. The van der Waals surface area contributed by atoms with E-state index in [2.05, 4.69) is 5.32 Å². The lowest BCUT2D eigenvalue weighted by atomic mass is 10.1. The first-order chi connectivity index (χ1) is 8.86. The third-order valence-corrected chi connectivity index (χ3v) is 3.12. The van der Waals surface area contributed by atoms with Gasteiger partial charge in [0.2, 0.25) is 0 Å². The zero-order valence-corrected chi connectivity index (χ0v) is 11.2. The van der Waals surface area contributed by atoms with Crippen LogP contribution in [0.15, 0.2) is 24.3 Å². The first kappa shape index (κ1) is 13.9. The maximum absolute atomic E-state index is 13.1. The van der Waals surface area contributed by atoms with Crippen molar-refractivity contribution in [3.63, 3.8) is 0 Å². The quantitative estimate of drug-likeness (QED) is 0.893. The van der Waals surface area contributed by atoms with Gasteiger partial charge in [-0.1, -0.05) is 12.1 Å². The van der Waals surface area contributed by atoms with Gasteiger partial charge in [0.15, 0.2) is 0 Å².